The molecular formula is C12H20N4O4S. The third-order valence-corrected chi connectivity index (χ3v) is 5.51. The fourth-order valence-corrected chi connectivity index (χ4v) is 3.42. The topological polar surface area (TPSA) is 119 Å². The number of sulfonamides is 1. The highest BCUT2D eigenvalue weighted by Gasteiger charge is 2.30. The molecular weight excluding hydrogens is 296 g/mol. The molecule has 0 aliphatic rings. The molecule has 1 aromatic carbocycles. The first-order valence-electron chi connectivity index (χ1n) is 6.36. The van der Waals surface area contributed by atoms with Gasteiger partial charge in [0.05, 0.1) is 10.6 Å². The van der Waals surface area contributed by atoms with Crippen molar-refractivity contribution in [2.45, 2.75) is 31.7 Å². The van der Waals surface area contributed by atoms with Crippen molar-refractivity contribution in [3.8, 4) is 0 Å². The van der Waals surface area contributed by atoms with E-state index < -0.39 is 14.9 Å². The van der Waals surface area contributed by atoms with Crippen molar-refractivity contribution in [1.82, 2.24) is 4.31 Å². The standard InChI is InChI=1S/C12H20N4O4S/c1-8(2)9(3)15(4)21(19,20)12-7-10(16(17)18)5-6-11(12)14-13/h5-9,14H,13H2,1-4H3. The number of anilines is 1. The molecule has 0 saturated carbocycles. The lowest BCUT2D eigenvalue weighted by Gasteiger charge is -2.27. The summed E-state index contributed by atoms with van der Waals surface area (Å²) in [6.07, 6.45) is 0. The smallest absolute Gasteiger partial charge is 0.270 e. The van der Waals surface area contributed by atoms with Gasteiger partial charge in [-0.1, -0.05) is 13.8 Å². The Labute approximate surface area is 124 Å². The summed E-state index contributed by atoms with van der Waals surface area (Å²) in [5.74, 6) is 5.40. The molecule has 0 aliphatic carbocycles. The fourth-order valence-electron chi connectivity index (χ4n) is 1.75. The Kier molecular flexibility index (Phi) is 5.26. The highest BCUT2D eigenvalue weighted by atomic mass is 32.2. The summed E-state index contributed by atoms with van der Waals surface area (Å²) >= 11 is 0. The van der Waals surface area contributed by atoms with E-state index in [4.69, 9.17) is 5.84 Å². The molecule has 0 saturated heterocycles. The minimum atomic E-state index is -3.90. The van der Waals surface area contributed by atoms with E-state index in [1.165, 1.54) is 23.5 Å². The molecule has 1 aromatic rings. The second-order valence-electron chi connectivity index (χ2n) is 5.09. The van der Waals surface area contributed by atoms with Crippen molar-refractivity contribution in [2.75, 3.05) is 12.5 Å². The number of hydrogen-bond acceptors (Lipinski definition) is 6. The van der Waals surface area contributed by atoms with Crippen LogP contribution in [-0.4, -0.2) is 30.7 Å². The molecule has 0 spiro atoms. The lowest BCUT2D eigenvalue weighted by Crippen LogP contribution is -2.38. The molecule has 21 heavy (non-hydrogen) atoms. The van der Waals surface area contributed by atoms with Crippen molar-refractivity contribution >= 4 is 21.4 Å². The van der Waals surface area contributed by atoms with E-state index in [1.807, 2.05) is 13.8 Å². The summed E-state index contributed by atoms with van der Waals surface area (Å²) in [7, 11) is -2.45. The van der Waals surface area contributed by atoms with Crippen LogP contribution >= 0.6 is 0 Å². The quantitative estimate of drug-likeness (QED) is 0.467. The van der Waals surface area contributed by atoms with Crippen LogP contribution in [-0.2, 0) is 10.0 Å². The zero-order chi connectivity index (χ0) is 16.4. The van der Waals surface area contributed by atoms with Crippen LogP contribution in [0.2, 0.25) is 0 Å². The highest BCUT2D eigenvalue weighted by Crippen LogP contribution is 2.29. The van der Waals surface area contributed by atoms with Crippen LogP contribution in [0, 0.1) is 16.0 Å². The molecule has 0 bridgehead atoms. The van der Waals surface area contributed by atoms with E-state index in [1.54, 1.807) is 6.92 Å². The molecule has 0 radical (unpaired) electrons. The van der Waals surface area contributed by atoms with Crippen molar-refractivity contribution in [3.05, 3.63) is 28.3 Å². The summed E-state index contributed by atoms with van der Waals surface area (Å²) in [5.41, 5.74) is 2.07. The van der Waals surface area contributed by atoms with Crippen LogP contribution in [0.1, 0.15) is 20.8 Å². The third-order valence-electron chi connectivity index (χ3n) is 3.53. The number of nitro benzene ring substituents is 1. The largest absolute Gasteiger partial charge is 0.323 e. The SMILES string of the molecule is CC(C)C(C)N(C)S(=O)(=O)c1cc([N+](=O)[O-])ccc1NN. The van der Waals surface area contributed by atoms with Crippen LogP contribution in [0.25, 0.3) is 0 Å². The van der Waals surface area contributed by atoms with Gasteiger partial charge in [0.25, 0.3) is 5.69 Å². The van der Waals surface area contributed by atoms with Crippen molar-refractivity contribution in [2.24, 2.45) is 11.8 Å². The van der Waals surface area contributed by atoms with Crippen molar-refractivity contribution in [3.63, 3.8) is 0 Å². The van der Waals surface area contributed by atoms with E-state index >= 15 is 0 Å². The second-order valence-corrected chi connectivity index (χ2v) is 7.05. The number of hydrogen-bond donors (Lipinski definition) is 2. The Morgan fingerprint density at radius 1 is 1.33 bits per heavy atom. The van der Waals surface area contributed by atoms with Gasteiger partial charge in [-0.25, -0.2) is 8.42 Å². The van der Waals surface area contributed by atoms with Crippen LogP contribution in [0.15, 0.2) is 23.1 Å². The molecule has 3 N–H and O–H groups in total. The number of nitrogen functional groups attached to an aromatic ring is 1. The number of non-ortho nitro benzene ring substituents is 1. The first-order chi connectivity index (χ1) is 9.62. The summed E-state index contributed by atoms with van der Waals surface area (Å²) in [6, 6.07) is 3.22. The molecule has 118 valence electrons. The van der Waals surface area contributed by atoms with E-state index in [0.717, 1.165) is 6.07 Å². The number of rotatable bonds is 6. The number of hydrazine groups is 1. The molecule has 9 heteroatoms. The highest BCUT2D eigenvalue weighted by molar-refractivity contribution is 7.89. The van der Waals surface area contributed by atoms with E-state index in [0.29, 0.717) is 0 Å². The van der Waals surface area contributed by atoms with Crippen molar-refractivity contribution in [1.29, 1.82) is 0 Å². The predicted molar refractivity (Wildman–Crippen MR) is 80.2 cm³/mol. The molecule has 1 unspecified atom stereocenters. The fraction of sp³-hybridized carbons (Fsp3) is 0.500. The van der Waals surface area contributed by atoms with E-state index in [2.05, 4.69) is 5.43 Å². The van der Waals surface area contributed by atoms with Gasteiger partial charge < -0.3 is 5.43 Å². The average molecular weight is 316 g/mol. The molecule has 0 amide bonds. The first kappa shape index (κ1) is 17.3. The minimum Gasteiger partial charge on any atom is -0.323 e. The van der Waals surface area contributed by atoms with Gasteiger partial charge in [-0.15, -0.1) is 0 Å². The molecule has 1 rings (SSSR count). The maximum atomic E-state index is 12.6. The van der Waals surface area contributed by atoms with Crippen LogP contribution < -0.4 is 11.3 Å². The summed E-state index contributed by atoms with van der Waals surface area (Å²) in [6.45, 7) is 5.56. The molecule has 0 fully saturated rings. The van der Waals surface area contributed by atoms with Crippen LogP contribution in [0.5, 0.6) is 0 Å². The zero-order valence-electron chi connectivity index (χ0n) is 12.4. The van der Waals surface area contributed by atoms with Crippen LogP contribution in [0.4, 0.5) is 11.4 Å². The second kappa shape index (κ2) is 6.37. The lowest BCUT2D eigenvalue weighted by atomic mass is 10.1. The Morgan fingerprint density at radius 3 is 2.33 bits per heavy atom. The Morgan fingerprint density at radius 2 is 1.90 bits per heavy atom. The minimum absolute atomic E-state index is 0.0951. The average Bonchev–Trinajstić information content (AvgIpc) is 2.44. The normalized spacial score (nSPS) is 13.5. The van der Waals surface area contributed by atoms with Gasteiger partial charge in [-0.3, -0.25) is 16.0 Å². The van der Waals surface area contributed by atoms with Crippen molar-refractivity contribution < 1.29 is 13.3 Å². The molecule has 0 heterocycles. The van der Waals surface area contributed by atoms with E-state index in [-0.39, 0.29) is 28.2 Å². The number of nitro groups is 1. The Bertz CT molecular complexity index is 630. The predicted octanol–water partition coefficient (Wildman–Crippen LogP) is 1.55. The number of nitrogens with one attached hydrogen (secondary N) is 1. The summed E-state index contributed by atoms with van der Waals surface area (Å²) in [5, 5.41) is 10.8. The van der Waals surface area contributed by atoms with Gasteiger partial charge in [0.2, 0.25) is 10.0 Å². The first-order valence-corrected chi connectivity index (χ1v) is 7.80. The monoisotopic (exact) mass is 316 g/mol. The van der Waals surface area contributed by atoms with Gasteiger partial charge >= 0.3 is 0 Å². The van der Waals surface area contributed by atoms with E-state index in [9.17, 15) is 18.5 Å². The van der Waals surface area contributed by atoms with Gasteiger partial charge in [0.15, 0.2) is 0 Å². The van der Waals surface area contributed by atoms with Crippen LogP contribution in [0.3, 0.4) is 0 Å². The summed E-state index contributed by atoms with van der Waals surface area (Å²) < 4.78 is 26.5. The molecule has 0 aliphatic heterocycles. The molecule has 1 atom stereocenters. The van der Waals surface area contributed by atoms with Gasteiger partial charge in [-0.2, -0.15) is 4.31 Å². The molecule has 0 aromatic heterocycles. The Hall–Kier alpha value is -1.71. The zero-order valence-corrected chi connectivity index (χ0v) is 13.2. The molecule has 8 nitrogen and oxygen atoms in total. The maximum Gasteiger partial charge on any atom is 0.270 e. The number of nitrogens with two attached hydrogens (primary N) is 1. The van der Waals surface area contributed by atoms with Gasteiger partial charge in [0.1, 0.15) is 4.90 Å². The van der Waals surface area contributed by atoms with Gasteiger partial charge in [-0.05, 0) is 18.9 Å². The third kappa shape index (κ3) is 3.49. The maximum absolute atomic E-state index is 12.6. The Balaban J connectivity index is 3.42. The van der Waals surface area contributed by atoms with Gasteiger partial charge in [0, 0.05) is 25.2 Å². The number of benzene rings is 1. The lowest BCUT2D eigenvalue weighted by molar-refractivity contribution is -0.385. The summed E-state index contributed by atoms with van der Waals surface area (Å²) in [4.78, 5) is 9.98. The number of nitrogens with zero attached hydrogens (tertiary/aromatic N) is 2.